The minimum absolute atomic E-state index is 0.0162. The number of nitrogens with one attached hydrogen (secondary N) is 1. The topological polar surface area (TPSA) is 84.3 Å². The van der Waals surface area contributed by atoms with Crippen LogP contribution in [0.2, 0.25) is 0 Å². The molecule has 7 nitrogen and oxygen atoms in total. The van der Waals surface area contributed by atoms with Crippen LogP contribution in [-0.4, -0.2) is 44.8 Å². The highest BCUT2D eigenvalue weighted by Crippen LogP contribution is 2.31. The molecule has 0 spiro atoms. The highest BCUT2D eigenvalue weighted by atomic mass is 32.2. The van der Waals surface area contributed by atoms with Gasteiger partial charge in [0, 0.05) is 13.1 Å². The number of hydrogen-bond acceptors (Lipinski definition) is 5. The van der Waals surface area contributed by atoms with E-state index in [9.17, 15) is 23.2 Å². The summed E-state index contributed by atoms with van der Waals surface area (Å²) in [6.45, 7) is 1.66. The molecule has 1 aliphatic heterocycles. The summed E-state index contributed by atoms with van der Waals surface area (Å²) < 4.78 is 28.4. The van der Waals surface area contributed by atoms with Gasteiger partial charge in [0.05, 0.1) is 22.4 Å². The lowest BCUT2D eigenvalue weighted by Gasteiger charge is -2.13. The SMILES string of the molecule is Cc1c(C(=O)NCCN2C(=O)S/C(=C/c3ccc(F)cc3)C2=O)cnn1-c1ccccc1F. The molecule has 168 valence electrons. The standard InChI is InChI=1S/C23H18F2N4O3S/c1-14-17(13-27-29(14)19-5-3-2-4-18(19)25)21(30)26-10-11-28-22(31)20(33-23(28)32)12-15-6-8-16(24)9-7-15/h2-9,12-13H,10-11H2,1H3,(H,26,30)/b20-12+. The molecule has 33 heavy (non-hydrogen) atoms. The van der Waals surface area contributed by atoms with Crippen LogP contribution in [0.3, 0.4) is 0 Å². The number of carbonyl (C=O) groups excluding carboxylic acids is 3. The highest BCUT2D eigenvalue weighted by Gasteiger charge is 2.34. The average molecular weight is 468 g/mol. The van der Waals surface area contributed by atoms with Crippen molar-refractivity contribution >= 4 is 34.9 Å². The molecule has 2 aromatic carbocycles. The Morgan fingerprint density at radius 1 is 1.12 bits per heavy atom. The number of nitrogens with zero attached hydrogens (tertiary/aromatic N) is 3. The number of halogens is 2. The molecule has 0 unspecified atom stereocenters. The summed E-state index contributed by atoms with van der Waals surface area (Å²) >= 11 is 0.784. The average Bonchev–Trinajstić information content (AvgIpc) is 3.30. The quantitative estimate of drug-likeness (QED) is 0.555. The van der Waals surface area contributed by atoms with E-state index in [2.05, 4.69) is 10.4 Å². The van der Waals surface area contributed by atoms with Crippen LogP contribution in [-0.2, 0) is 4.79 Å². The molecule has 0 saturated carbocycles. The van der Waals surface area contributed by atoms with Gasteiger partial charge < -0.3 is 5.32 Å². The lowest BCUT2D eigenvalue weighted by Crippen LogP contribution is -2.37. The van der Waals surface area contributed by atoms with Crippen LogP contribution in [0.1, 0.15) is 21.6 Å². The molecular weight excluding hydrogens is 450 g/mol. The van der Waals surface area contributed by atoms with Crippen LogP contribution in [0.5, 0.6) is 0 Å². The molecule has 1 fully saturated rings. The third-order valence-electron chi connectivity index (χ3n) is 5.00. The van der Waals surface area contributed by atoms with Crippen molar-refractivity contribution in [3.05, 3.63) is 88.1 Å². The highest BCUT2D eigenvalue weighted by molar-refractivity contribution is 8.18. The maximum absolute atomic E-state index is 14.0. The lowest BCUT2D eigenvalue weighted by molar-refractivity contribution is -0.122. The minimum Gasteiger partial charge on any atom is -0.350 e. The molecule has 4 rings (SSSR count). The normalized spacial score (nSPS) is 14.9. The third-order valence-corrected chi connectivity index (χ3v) is 5.90. The van der Waals surface area contributed by atoms with Gasteiger partial charge in [-0.1, -0.05) is 24.3 Å². The van der Waals surface area contributed by atoms with E-state index in [1.54, 1.807) is 25.1 Å². The van der Waals surface area contributed by atoms with Crippen LogP contribution in [0.25, 0.3) is 11.8 Å². The zero-order valence-electron chi connectivity index (χ0n) is 17.4. The fraction of sp³-hybridized carbons (Fsp3) is 0.130. The van der Waals surface area contributed by atoms with Gasteiger partial charge in [0.1, 0.15) is 17.3 Å². The first-order valence-corrected chi connectivity index (χ1v) is 10.8. The third kappa shape index (κ3) is 4.70. The number of amides is 3. The molecule has 3 amide bonds. The number of aromatic nitrogens is 2. The van der Waals surface area contributed by atoms with Crippen LogP contribution < -0.4 is 5.32 Å². The van der Waals surface area contributed by atoms with Gasteiger partial charge in [0.2, 0.25) is 0 Å². The zero-order chi connectivity index (χ0) is 23.5. The second kappa shape index (κ2) is 9.37. The monoisotopic (exact) mass is 468 g/mol. The van der Waals surface area contributed by atoms with E-state index in [4.69, 9.17) is 0 Å². The Bertz CT molecular complexity index is 1270. The van der Waals surface area contributed by atoms with Crippen LogP contribution >= 0.6 is 11.8 Å². The summed E-state index contributed by atoms with van der Waals surface area (Å²) in [5.41, 5.74) is 1.52. The number of imide groups is 1. The second-order valence-electron chi connectivity index (χ2n) is 7.15. The van der Waals surface area contributed by atoms with E-state index in [0.29, 0.717) is 11.3 Å². The number of benzene rings is 2. The summed E-state index contributed by atoms with van der Waals surface area (Å²) in [7, 11) is 0. The van der Waals surface area contributed by atoms with Gasteiger partial charge in [-0.25, -0.2) is 13.5 Å². The van der Waals surface area contributed by atoms with Crippen molar-refractivity contribution in [2.75, 3.05) is 13.1 Å². The largest absolute Gasteiger partial charge is 0.350 e. The lowest BCUT2D eigenvalue weighted by atomic mass is 10.2. The van der Waals surface area contributed by atoms with Crippen LogP contribution in [0.4, 0.5) is 13.6 Å². The summed E-state index contributed by atoms with van der Waals surface area (Å²) in [6.07, 6.45) is 2.85. The molecule has 1 N–H and O–H groups in total. The Labute approximate surface area is 192 Å². The predicted octanol–water partition coefficient (Wildman–Crippen LogP) is 3.93. The summed E-state index contributed by atoms with van der Waals surface area (Å²) in [4.78, 5) is 38.6. The van der Waals surface area contributed by atoms with Gasteiger partial charge in [0.25, 0.3) is 17.1 Å². The first kappa shape index (κ1) is 22.4. The van der Waals surface area contributed by atoms with E-state index < -0.39 is 28.7 Å². The van der Waals surface area contributed by atoms with E-state index in [1.165, 1.54) is 47.3 Å². The first-order valence-electron chi connectivity index (χ1n) is 9.94. The Kier molecular flexibility index (Phi) is 6.36. The predicted molar refractivity (Wildman–Crippen MR) is 120 cm³/mol. The molecule has 0 bridgehead atoms. The number of para-hydroxylation sites is 1. The van der Waals surface area contributed by atoms with Crippen molar-refractivity contribution in [3.8, 4) is 5.69 Å². The summed E-state index contributed by atoms with van der Waals surface area (Å²) in [6, 6.07) is 11.6. The maximum Gasteiger partial charge on any atom is 0.293 e. The Morgan fingerprint density at radius 2 is 1.85 bits per heavy atom. The number of hydrogen-bond donors (Lipinski definition) is 1. The van der Waals surface area contributed by atoms with E-state index in [0.717, 1.165) is 16.7 Å². The van der Waals surface area contributed by atoms with Crippen molar-refractivity contribution in [2.24, 2.45) is 0 Å². The van der Waals surface area contributed by atoms with E-state index >= 15 is 0 Å². The van der Waals surface area contributed by atoms with Gasteiger partial charge in [-0.3, -0.25) is 19.3 Å². The summed E-state index contributed by atoms with van der Waals surface area (Å²) in [5.74, 6) is -1.80. The number of thioether (sulfide) groups is 1. The van der Waals surface area contributed by atoms with Crippen molar-refractivity contribution in [3.63, 3.8) is 0 Å². The molecule has 2 heterocycles. The van der Waals surface area contributed by atoms with Gasteiger partial charge in [-0.05, 0) is 54.6 Å². The van der Waals surface area contributed by atoms with Crippen LogP contribution in [0.15, 0.2) is 59.6 Å². The smallest absolute Gasteiger partial charge is 0.293 e. The fourth-order valence-electron chi connectivity index (χ4n) is 3.28. The molecule has 0 aliphatic carbocycles. The summed E-state index contributed by atoms with van der Waals surface area (Å²) in [5, 5.41) is 6.30. The number of carbonyl (C=O) groups is 3. The Balaban J connectivity index is 1.38. The van der Waals surface area contributed by atoms with Crippen LogP contribution in [0, 0.1) is 18.6 Å². The molecular formula is C23H18F2N4O3S. The van der Waals surface area contributed by atoms with Crippen molar-refractivity contribution in [1.29, 1.82) is 0 Å². The van der Waals surface area contributed by atoms with Gasteiger partial charge in [-0.15, -0.1) is 0 Å². The zero-order valence-corrected chi connectivity index (χ0v) is 18.2. The number of rotatable bonds is 6. The molecule has 1 aromatic heterocycles. The van der Waals surface area contributed by atoms with Crippen molar-refractivity contribution < 1.29 is 23.2 Å². The molecule has 1 saturated heterocycles. The Hall–Kier alpha value is -3.79. The van der Waals surface area contributed by atoms with Gasteiger partial charge in [0.15, 0.2) is 0 Å². The van der Waals surface area contributed by atoms with Gasteiger partial charge in [-0.2, -0.15) is 5.10 Å². The minimum atomic E-state index is -0.480. The fourth-order valence-corrected chi connectivity index (χ4v) is 4.14. The van der Waals surface area contributed by atoms with Gasteiger partial charge >= 0.3 is 0 Å². The van der Waals surface area contributed by atoms with Crippen molar-refractivity contribution in [2.45, 2.75) is 6.92 Å². The van der Waals surface area contributed by atoms with E-state index in [1.807, 2.05) is 0 Å². The first-order chi connectivity index (χ1) is 15.8. The van der Waals surface area contributed by atoms with E-state index in [-0.39, 0.29) is 29.2 Å². The van der Waals surface area contributed by atoms with Crippen molar-refractivity contribution in [1.82, 2.24) is 20.0 Å². The Morgan fingerprint density at radius 3 is 2.58 bits per heavy atom. The molecule has 0 atom stereocenters. The molecule has 1 aliphatic rings. The molecule has 3 aromatic rings. The molecule has 0 radical (unpaired) electrons. The molecule has 10 heteroatoms. The second-order valence-corrected chi connectivity index (χ2v) is 8.14. The maximum atomic E-state index is 14.0.